The number of benzene rings is 2. The first-order valence-electron chi connectivity index (χ1n) is 11.8. The van der Waals surface area contributed by atoms with E-state index >= 15 is 0 Å². The third-order valence-corrected chi connectivity index (χ3v) is 7.07. The molecule has 3 N–H and O–H groups in total. The number of pyridine rings is 1. The van der Waals surface area contributed by atoms with Crippen molar-refractivity contribution in [3.8, 4) is 11.8 Å². The maximum atomic E-state index is 13.4. The predicted octanol–water partition coefficient (Wildman–Crippen LogP) is 4.32. The Morgan fingerprint density at radius 3 is 2.56 bits per heavy atom. The summed E-state index contributed by atoms with van der Waals surface area (Å²) in [5.41, 5.74) is 9.33. The molecule has 0 aliphatic carbocycles. The summed E-state index contributed by atoms with van der Waals surface area (Å²) in [5.74, 6) is -0.973. The van der Waals surface area contributed by atoms with Gasteiger partial charge in [-0.15, -0.1) is 0 Å². The van der Waals surface area contributed by atoms with Gasteiger partial charge in [0.05, 0.1) is 22.4 Å². The van der Waals surface area contributed by atoms with Gasteiger partial charge < -0.3 is 24.8 Å². The molecule has 2 aromatic heterocycles. The fraction of sp³-hybridized carbons (Fsp3) is 0.250. The van der Waals surface area contributed by atoms with Gasteiger partial charge in [-0.25, -0.2) is 4.79 Å². The van der Waals surface area contributed by atoms with Crippen molar-refractivity contribution < 1.29 is 9.15 Å². The topological polar surface area (TPSA) is 125 Å². The number of ether oxygens (including phenoxy) is 1. The molecule has 0 saturated heterocycles. The average Bonchev–Trinajstić information content (AvgIpc) is 2.86. The largest absolute Gasteiger partial charge is 0.439 e. The molecule has 5 rings (SSSR count). The van der Waals surface area contributed by atoms with Crippen LogP contribution in [0, 0.1) is 25.2 Å². The molecule has 8 heteroatoms. The highest BCUT2D eigenvalue weighted by atomic mass is 16.5. The highest BCUT2D eigenvalue weighted by Gasteiger charge is 2.37. The van der Waals surface area contributed by atoms with E-state index in [2.05, 4.69) is 9.88 Å². The maximum Gasteiger partial charge on any atom is 0.344 e. The monoisotopic (exact) mass is 482 g/mol. The Kier molecular flexibility index (Phi) is 5.56. The first-order chi connectivity index (χ1) is 17.3. The van der Waals surface area contributed by atoms with Gasteiger partial charge in [0.25, 0.3) is 5.56 Å². The van der Waals surface area contributed by atoms with E-state index in [1.165, 1.54) is 0 Å². The molecule has 8 nitrogen and oxygen atoms in total. The Labute approximate surface area is 207 Å². The number of fused-ring (bicyclic) bond motifs is 4. The van der Waals surface area contributed by atoms with Crippen molar-refractivity contribution in [1.29, 1.82) is 5.26 Å². The highest BCUT2D eigenvalue weighted by Crippen LogP contribution is 2.43. The summed E-state index contributed by atoms with van der Waals surface area (Å²) in [6.45, 7) is 9.58. The van der Waals surface area contributed by atoms with Crippen molar-refractivity contribution in [3.05, 3.63) is 90.9 Å². The van der Waals surface area contributed by atoms with Gasteiger partial charge in [-0.3, -0.25) is 4.79 Å². The van der Waals surface area contributed by atoms with E-state index in [4.69, 9.17) is 14.9 Å². The first-order valence-corrected chi connectivity index (χ1v) is 11.8. The molecule has 36 heavy (non-hydrogen) atoms. The summed E-state index contributed by atoms with van der Waals surface area (Å²) in [6.07, 6.45) is 0. The quantitative estimate of drug-likeness (QED) is 0.415. The molecule has 0 spiro atoms. The van der Waals surface area contributed by atoms with Gasteiger partial charge in [0.15, 0.2) is 5.75 Å². The summed E-state index contributed by atoms with van der Waals surface area (Å²) in [5, 5.41) is 11.3. The lowest BCUT2D eigenvalue weighted by molar-refractivity contribution is 0.388. The van der Waals surface area contributed by atoms with Crippen LogP contribution in [0.3, 0.4) is 0 Å². The third-order valence-electron chi connectivity index (χ3n) is 7.07. The zero-order valence-electron chi connectivity index (χ0n) is 20.6. The molecular formula is C28H26N4O4. The molecular weight excluding hydrogens is 456 g/mol. The number of nitrogens with two attached hydrogens (primary N) is 1. The van der Waals surface area contributed by atoms with Gasteiger partial charge in [0, 0.05) is 30.4 Å². The van der Waals surface area contributed by atoms with E-state index in [-0.39, 0.29) is 28.3 Å². The lowest BCUT2D eigenvalue weighted by atomic mass is 9.83. The molecule has 182 valence electrons. The Morgan fingerprint density at radius 2 is 1.86 bits per heavy atom. The number of nitrogens with one attached hydrogen (secondary N) is 1. The van der Waals surface area contributed by atoms with Crippen LogP contribution in [0.1, 0.15) is 42.0 Å². The molecule has 3 heterocycles. The van der Waals surface area contributed by atoms with Crippen LogP contribution < -0.4 is 26.6 Å². The average molecular weight is 483 g/mol. The number of nitrogens with zero attached hydrogens (tertiary/aromatic N) is 2. The van der Waals surface area contributed by atoms with E-state index in [1.54, 1.807) is 12.1 Å². The van der Waals surface area contributed by atoms with Gasteiger partial charge in [-0.05, 0) is 62.4 Å². The van der Waals surface area contributed by atoms with Crippen LogP contribution in [0.4, 0.5) is 5.69 Å². The van der Waals surface area contributed by atoms with E-state index in [0.717, 1.165) is 35.3 Å². The minimum Gasteiger partial charge on any atom is -0.439 e. The number of hydrogen-bond acceptors (Lipinski definition) is 7. The molecule has 2 aromatic carbocycles. The fourth-order valence-electron chi connectivity index (χ4n) is 4.96. The lowest BCUT2D eigenvalue weighted by Gasteiger charge is -2.26. The number of anilines is 1. The zero-order chi connectivity index (χ0) is 25.7. The molecule has 1 unspecified atom stereocenters. The second-order valence-corrected chi connectivity index (χ2v) is 8.94. The lowest BCUT2D eigenvalue weighted by Crippen LogP contribution is -2.29. The SMILES string of the molecule is CCN(CC)c1ccc2c3c(c(=O)oc2c1)C(c1cc2ccc(C)c(C)c2[nH]c1=O)C(C#N)=C(N)O3. The number of hydrogen-bond donors (Lipinski definition) is 2. The van der Waals surface area contributed by atoms with Crippen molar-refractivity contribution in [3.63, 3.8) is 0 Å². The normalized spacial score (nSPS) is 15.0. The number of rotatable bonds is 4. The summed E-state index contributed by atoms with van der Waals surface area (Å²) in [7, 11) is 0. The van der Waals surface area contributed by atoms with Crippen LogP contribution in [0.15, 0.2) is 61.9 Å². The van der Waals surface area contributed by atoms with E-state index in [0.29, 0.717) is 16.5 Å². The predicted molar refractivity (Wildman–Crippen MR) is 139 cm³/mol. The second kappa shape index (κ2) is 8.61. The Morgan fingerprint density at radius 1 is 1.11 bits per heavy atom. The number of allylic oxidation sites excluding steroid dienone is 1. The molecule has 0 saturated carbocycles. The van der Waals surface area contributed by atoms with Crippen molar-refractivity contribution >= 4 is 27.6 Å². The van der Waals surface area contributed by atoms with Crippen molar-refractivity contribution in [2.75, 3.05) is 18.0 Å². The van der Waals surface area contributed by atoms with Gasteiger partial charge in [-0.2, -0.15) is 5.26 Å². The van der Waals surface area contributed by atoms with Crippen LogP contribution >= 0.6 is 0 Å². The molecule has 1 aliphatic rings. The van der Waals surface area contributed by atoms with E-state index in [9.17, 15) is 14.9 Å². The van der Waals surface area contributed by atoms with Gasteiger partial charge in [0.2, 0.25) is 5.88 Å². The third kappa shape index (κ3) is 3.43. The molecule has 0 fully saturated rings. The van der Waals surface area contributed by atoms with Crippen LogP contribution in [-0.4, -0.2) is 18.1 Å². The summed E-state index contributed by atoms with van der Waals surface area (Å²) in [6, 6.07) is 13.1. The second-order valence-electron chi connectivity index (χ2n) is 8.94. The number of aromatic nitrogens is 1. The van der Waals surface area contributed by atoms with Crippen LogP contribution in [0.5, 0.6) is 5.75 Å². The standard InChI is InChI=1S/C28H26N4O4/c1-5-32(6-2)17-9-10-18-21(12-17)35-28(34)23-22(20(13-29)26(30)36-25(18)23)19-11-16-8-7-14(3)15(4)24(16)31-27(19)33/h7-12,22H,5-6,30H2,1-4H3,(H,31,33). The highest BCUT2D eigenvalue weighted by molar-refractivity contribution is 5.89. The smallest absolute Gasteiger partial charge is 0.344 e. The summed E-state index contributed by atoms with van der Waals surface area (Å²) in [4.78, 5) is 31.8. The number of aromatic amines is 1. The molecule has 4 aromatic rings. The van der Waals surface area contributed by atoms with Crippen LogP contribution in [-0.2, 0) is 0 Å². The number of aryl methyl sites for hydroxylation is 2. The minimum atomic E-state index is -1.03. The maximum absolute atomic E-state index is 13.4. The zero-order valence-corrected chi connectivity index (χ0v) is 20.6. The van der Waals surface area contributed by atoms with E-state index in [1.807, 2.05) is 58.0 Å². The molecule has 1 atom stereocenters. The Balaban J connectivity index is 1.80. The van der Waals surface area contributed by atoms with E-state index < -0.39 is 17.1 Å². The van der Waals surface area contributed by atoms with Crippen LogP contribution in [0.25, 0.3) is 21.9 Å². The molecule has 0 bridgehead atoms. The fourth-order valence-corrected chi connectivity index (χ4v) is 4.96. The van der Waals surface area contributed by atoms with Gasteiger partial charge in [-0.1, -0.05) is 12.1 Å². The van der Waals surface area contributed by atoms with Gasteiger partial charge in [0.1, 0.15) is 17.2 Å². The summed E-state index contributed by atoms with van der Waals surface area (Å²) < 4.78 is 11.6. The van der Waals surface area contributed by atoms with Crippen molar-refractivity contribution in [1.82, 2.24) is 4.98 Å². The van der Waals surface area contributed by atoms with Gasteiger partial charge >= 0.3 is 5.63 Å². The number of nitriles is 1. The molecule has 0 radical (unpaired) electrons. The first kappa shape index (κ1) is 23.2. The van der Waals surface area contributed by atoms with Crippen molar-refractivity contribution in [2.45, 2.75) is 33.6 Å². The molecule has 0 amide bonds. The number of H-pyrrole nitrogens is 1. The van der Waals surface area contributed by atoms with Crippen molar-refractivity contribution in [2.24, 2.45) is 5.73 Å². The van der Waals surface area contributed by atoms with Crippen LogP contribution in [0.2, 0.25) is 0 Å². The Bertz CT molecular complexity index is 1740. The minimum absolute atomic E-state index is 0.0115. The molecule has 1 aliphatic heterocycles. The Hall–Kier alpha value is -4.51. The summed E-state index contributed by atoms with van der Waals surface area (Å²) >= 11 is 0.